The molecule has 2 aliphatic rings. The lowest BCUT2D eigenvalue weighted by Gasteiger charge is -2.24. The van der Waals surface area contributed by atoms with E-state index < -0.39 is 6.16 Å². The Morgan fingerprint density at radius 3 is 1.47 bits per heavy atom. The number of carbonyl (C=O) groups excluding carboxylic acids is 1. The molecular weight excluding hydrogens is 372 g/mol. The Balaban J connectivity index is 1.43. The lowest BCUT2D eigenvalue weighted by atomic mass is 9.82. The maximum Gasteiger partial charge on any atom is 0.519 e. The second-order valence-corrected chi connectivity index (χ2v) is 9.16. The number of hydrogen-bond acceptors (Lipinski definition) is 3. The fourth-order valence-electron chi connectivity index (χ4n) is 5.28. The maximum atomic E-state index is 12.5. The van der Waals surface area contributed by atoms with Crippen LogP contribution in [0.2, 0.25) is 0 Å². The zero-order valence-electron chi connectivity index (χ0n) is 18.4. The molecule has 160 valence electrons. The van der Waals surface area contributed by atoms with Gasteiger partial charge in [0.05, 0.1) is 0 Å². The fraction of sp³-hybridized carbons (Fsp3) is 0.519. The minimum absolute atomic E-state index is 0.575. The molecule has 0 bridgehead atoms. The van der Waals surface area contributed by atoms with E-state index in [9.17, 15) is 4.79 Å². The molecule has 0 aromatic heterocycles. The average molecular weight is 407 g/mol. The molecule has 30 heavy (non-hydrogen) atoms. The van der Waals surface area contributed by atoms with E-state index in [2.05, 4.69) is 26.0 Å². The molecule has 2 aromatic rings. The summed E-state index contributed by atoms with van der Waals surface area (Å²) in [5.41, 5.74) is 5.18. The summed E-state index contributed by atoms with van der Waals surface area (Å²) >= 11 is 0. The number of carbonyl (C=O) groups is 1. The van der Waals surface area contributed by atoms with Crippen molar-refractivity contribution in [3.8, 4) is 11.5 Å². The Morgan fingerprint density at radius 1 is 0.667 bits per heavy atom. The molecule has 0 atom stereocenters. The highest BCUT2D eigenvalue weighted by molar-refractivity contribution is 5.67. The van der Waals surface area contributed by atoms with Crippen LogP contribution in [-0.4, -0.2) is 6.16 Å². The topological polar surface area (TPSA) is 35.5 Å². The molecule has 3 heteroatoms. The molecule has 0 heterocycles. The summed E-state index contributed by atoms with van der Waals surface area (Å²) in [4.78, 5) is 12.5. The molecule has 3 nitrogen and oxygen atoms in total. The summed E-state index contributed by atoms with van der Waals surface area (Å²) in [6.45, 7) is 4.29. The van der Waals surface area contributed by atoms with Crippen molar-refractivity contribution >= 4 is 6.16 Å². The molecule has 0 aliphatic heterocycles. The Kier molecular flexibility index (Phi) is 6.76. The molecule has 0 N–H and O–H groups in total. The standard InChI is InChI=1S/C27H34O3/c1-19-13-15-23(17-25(19)21-9-5-3-6-10-21)29-27(28)30-24-16-14-20(2)26(18-24)22-11-7-4-8-12-22/h13-18,21-22H,3-12H2,1-2H3. The van der Waals surface area contributed by atoms with Gasteiger partial charge in [-0.05, 0) is 97.9 Å². The first-order valence-corrected chi connectivity index (χ1v) is 11.7. The van der Waals surface area contributed by atoms with Gasteiger partial charge in [0.25, 0.3) is 0 Å². The second kappa shape index (κ2) is 9.68. The summed E-state index contributed by atoms with van der Waals surface area (Å²) in [6.07, 6.45) is 12.0. The van der Waals surface area contributed by atoms with Crippen molar-refractivity contribution in [2.75, 3.05) is 0 Å². The van der Waals surface area contributed by atoms with Gasteiger partial charge in [-0.15, -0.1) is 0 Å². The van der Waals surface area contributed by atoms with E-state index in [0.717, 1.165) is 0 Å². The van der Waals surface area contributed by atoms with E-state index in [1.807, 2.05) is 24.3 Å². The molecule has 2 fully saturated rings. The van der Waals surface area contributed by atoms with Crippen LogP contribution in [0.1, 0.15) is 98.3 Å². The van der Waals surface area contributed by atoms with E-state index >= 15 is 0 Å². The van der Waals surface area contributed by atoms with E-state index in [-0.39, 0.29) is 0 Å². The number of hydrogen-bond donors (Lipinski definition) is 0. The zero-order valence-corrected chi connectivity index (χ0v) is 18.4. The van der Waals surface area contributed by atoms with Crippen molar-refractivity contribution in [2.24, 2.45) is 0 Å². The van der Waals surface area contributed by atoms with Gasteiger partial charge in [-0.1, -0.05) is 50.7 Å². The predicted molar refractivity (Wildman–Crippen MR) is 121 cm³/mol. The van der Waals surface area contributed by atoms with Crippen molar-refractivity contribution in [2.45, 2.75) is 89.9 Å². The van der Waals surface area contributed by atoms with Gasteiger partial charge in [0.2, 0.25) is 0 Å². The quantitative estimate of drug-likeness (QED) is 0.381. The largest absolute Gasteiger partial charge is 0.519 e. The fourth-order valence-corrected chi connectivity index (χ4v) is 5.28. The Labute approximate surface area is 180 Å². The van der Waals surface area contributed by atoms with Crippen molar-refractivity contribution < 1.29 is 14.3 Å². The van der Waals surface area contributed by atoms with Crippen molar-refractivity contribution in [3.63, 3.8) is 0 Å². The maximum absolute atomic E-state index is 12.5. The van der Waals surface area contributed by atoms with Crippen LogP contribution < -0.4 is 9.47 Å². The van der Waals surface area contributed by atoms with Gasteiger partial charge in [0, 0.05) is 0 Å². The van der Waals surface area contributed by atoms with Crippen LogP contribution in [0.5, 0.6) is 11.5 Å². The van der Waals surface area contributed by atoms with E-state index in [1.165, 1.54) is 86.5 Å². The third-order valence-corrected chi connectivity index (χ3v) is 6.99. The van der Waals surface area contributed by atoms with Crippen molar-refractivity contribution in [1.82, 2.24) is 0 Å². The highest BCUT2D eigenvalue weighted by atomic mass is 16.7. The van der Waals surface area contributed by atoms with Gasteiger partial charge < -0.3 is 9.47 Å². The predicted octanol–water partition coefficient (Wildman–Crippen LogP) is 7.98. The summed E-state index contributed by atoms with van der Waals surface area (Å²) in [5, 5.41) is 0. The van der Waals surface area contributed by atoms with Crippen LogP contribution >= 0.6 is 0 Å². The normalized spacial score (nSPS) is 18.2. The Bertz CT molecular complexity index is 802. The van der Waals surface area contributed by atoms with Crippen LogP contribution in [0.15, 0.2) is 36.4 Å². The molecular formula is C27H34O3. The van der Waals surface area contributed by atoms with Crippen LogP contribution in [0.25, 0.3) is 0 Å². The first kappa shape index (κ1) is 21.0. The minimum Gasteiger partial charge on any atom is -0.395 e. The van der Waals surface area contributed by atoms with Gasteiger partial charge >= 0.3 is 6.16 Å². The van der Waals surface area contributed by atoms with Crippen molar-refractivity contribution in [1.29, 1.82) is 0 Å². The van der Waals surface area contributed by atoms with E-state index in [1.54, 1.807) is 0 Å². The Morgan fingerprint density at radius 2 is 1.07 bits per heavy atom. The molecule has 0 spiro atoms. The molecule has 0 saturated heterocycles. The van der Waals surface area contributed by atoms with E-state index in [4.69, 9.17) is 9.47 Å². The highest BCUT2D eigenvalue weighted by Gasteiger charge is 2.20. The second-order valence-electron chi connectivity index (χ2n) is 9.16. The molecule has 0 radical (unpaired) electrons. The molecule has 0 unspecified atom stereocenters. The minimum atomic E-state index is -0.660. The smallest absolute Gasteiger partial charge is 0.395 e. The van der Waals surface area contributed by atoms with Gasteiger partial charge in [-0.2, -0.15) is 0 Å². The molecule has 2 saturated carbocycles. The molecule has 2 aliphatic carbocycles. The van der Waals surface area contributed by atoms with Crippen LogP contribution in [0.3, 0.4) is 0 Å². The molecule has 0 amide bonds. The summed E-state index contributed by atoms with van der Waals surface area (Å²) in [6, 6.07) is 11.9. The van der Waals surface area contributed by atoms with Crippen LogP contribution in [0.4, 0.5) is 4.79 Å². The summed E-state index contributed by atoms with van der Waals surface area (Å²) < 4.78 is 11.1. The van der Waals surface area contributed by atoms with Gasteiger partial charge in [-0.3, -0.25) is 0 Å². The first-order valence-electron chi connectivity index (χ1n) is 11.7. The highest BCUT2D eigenvalue weighted by Crippen LogP contribution is 2.37. The number of ether oxygens (including phenoxy) is 2. The lowest BCUT2D eigenvalue weighted by Crippen LogP contribution is -2.15. The number of benzene rings is 2. The number of rotatable bonds is 4. The Hall–Kier alpha value is -2.29. The third kappa shape index (κ3) is 5.06. The molecule has 4 rings (SSSR count). The van der Waals surface area contributed by atoms with Crippen LogP contribution in [-0.2, 0) is 0 Å². The SMILES string of the molecule is Cc1ccc(OC(=O)Oc2ccc(C)c(C3CCCCC3)c2)cc1C1CCCCC1. The third-order valence-electron chi connectivity index (χ3n) is 6.99. The lowest BCUT2D eigenvalue weighted by molar-refractivity contribution is 0.151. The average Bonchev–Trinajstić information content (AvgIpc) is 2.77. The van der Waals surface area contributed by atoms with Gasteiger partial charge in [-0.25, -0.2) is 4.79 Å². The van der Waals surface area contributed by atoms with Gasteiger partial charge in [0.15, 0.2) is 0 Å². The van der Waals surface area contributed by atoms with Crippen LogP contribution in [0, 0.1) is 13.8 Å². The summed E-state index contributed by atoms with van der Waals surface area (Å²) in [5.74, 6) is 2.30. The van der Waals surface area contributed by atoms with Crippen molar-refractivity contribution in [3.05, 3.63) is 58.7 Å². The zero-order chi connectivity index (χ0) is 20.9. The van der Waals surface area contributed by atoms with Gasteiger partial charge in [0.1, 0.15) is 11.5 Å². The molecule has 2 aromatic carbocycles. The number of aryl methyl sites for hydroxylation is 2. The first-order chi connectivity index (χ1) is 14.6. The summed E-state index contributed by atoms with van der Waals surface area (Å²) in [7, 11) is 0. The monoisotopic (exact) mass is 406 g/mol. The van der Waals surface area contributed by atoms with E-state index in [0.29, 0.717) is 23.3 Å².